The minimum absolute atomic E-state index is 0.0130. The van der Waals surface area contributed by atoms with Gasteiger partial charge < -0.3 is 19.8 Å². The SMILES string of the molecule is CCCN1CC=C[C@]2(C)S[C@]34C=CCN(Cc5ccccc5)C(=O)C3N([C@@H](CC)CO)C(=O)[C@@H]4[C@@H]2C1=O. The Labute approximate surface area is 223 Å². The number of carbonyl (C=O) groups excluding carboxylic acids is 3. The lowest BCUT2D eigenvalue weighted by Crippen LogP contribution is -2.56. The van der Waals surface area contributed by atoms with Crippen LogP contribution in [0.25, 0.3) is 0 Å². The average molecular weight is 524 g/mol. The van der Waals surface area contributed by atoms with Crippen molar-refractivity contribution < 1.29 is 19.5 Å². The summed E-state index contributed by atoms with van der Waals surface area (Å²) in [4.78, 5) is 48.0. The molecular weight excluding hydrogens is 486 g/mol. The number of likely N-dealkylation sites (tertiary alicyclic amines) is 1. The van der Waals surface area contributed by atoms with Crippen LogP contribution in [0.15, 0.2) is 54.6 Å². The molecule has 0 saturated carbocycles. The first kappa shape index (κ1) is 26.0. The molecule has 198 valence electrons. The smallest absolute Gasteiger partial charge is 0.247 e. The summed E-state index contributed by atoms with van der Waals surface area (Å²) in [5, 5.41) is 10.3. The number of aliphatic hydroxyl groups is 1. The van der Waals surface area contributed by atoms with Crippen LogP contribution in [0.1, 0.15) is 39.2 Å². The Morgan fingerprint density at radius 1 is 0.973 bits per heavy atom. The molecule has 4 aliphatic rings. The molecule has 1 N–H and O–H groups in total. The number of aliphatic hydroxyl groups excluding tert-OH is 1. The predicted octanol–water partition coefficient (Wildman–Crippen LogP) is 2.85. The van der Waals surface area contributed by atoms with Gasteiger partial charge in [-0.25, -0.2) is 0 Å². The monoisotopic (exact) mass is 523 g/mol. The van der Waals surface area contributed by atoms with E-state index in [0.29, 0.717) is 32.6 Å². The highest BCUT2D eigenvalue weighted by Gasteiger charge is 2.74. The highest BCUT2D eigenvalue weighted by Crippen LogP contribution is 2.65. The number of benzene rings is 1. The van der Waals surface area contributed by atoms with Crippen LogP contribution in [0, 0.1) is 11.8 Å². The number of fused-ring (bicyclic) bond motifs is 2. The Kier molecular flexibility index (Phi) is 7.00. The van der Waals surface area contributed by atoms with E-state index in [2.05, 4.69) is 6.08 Å². The minimum atomic E-state index is -0.878. The quantitative estimate of drug-likeness (QED) is 0.556. The maximum Gasteiger partial charge on any atom is 0.247 e. The second-order valence-corrected chi connectivity index (χ2v) is 12.6. The van der Waals surface area contributed by atoms with Crippen LogP contribution in [0.5, 0.6) is 0 Å². The molecule has 1 aromatic rings. The number of nitrogens with zero attached hydrogens (tertiary/aromatic N) is 3. The lowest BCUT2D eigenvalue weighted by molar-refractivity contribution is -0.147. The van der Waals surface area contributed by atoms with Gasteiger partial charge in [0.2, 0.25) is 17.7 Å². The zero-order chi connectivity index (χ0) is 26.4. The molecule has 0 aliphatic carbocycles. The van der Waals surface area contributed by atoms with Crippen LogP contribution in [0.2, 0.25) is 0 Å². The van der Waals surface area contributed by atoms with E-state index in [-0.39, 0.29) is 24.3 Å². The van der Waals surface area contributed by atoms with E-state index < -0.39 is 33.4 Å². The summed E-state index contributed by atoms with van der Waals surface area (Å²) in [7, 11) is 0. The first-order valence-corrected chi connectivity index (χ1v) is 14.2. The third-order valence-corrected chi connectivity index (χ3v) is 10.2. The van der Waals surface area contributed by atoms with Crippen molar-refractivity contribution in [1.82, 2.24) is 14.7 Å². The van der Waals surface area contributed by atoms with Gasteiger partial charge in [0.25, 0.3) is 0 Å². The second kappa shape index (κ2) is 9.95. The molecule has 4 aliphatic heterocycles. The molecule has 7 nitrogen and oxygen atoms in total. The summed E-state index contributed by atoms with van der Waals surface area (Å²) < 4.78 is -1.48. The molecular formula is C29H37N3O4S. The predicted molar refractivity (Wildman–Crippen MR) is 145 cm³/mol. The summed E-state index contributed by atoms with van der Waals surface area (Å²) >= 11 is 1.59. The maximum atomic E-state index is 14.4. The third-order valence-electron chi connectivity index (χ3n) is 8.45. The molecule has 6 atom stereocenters. The van der Waals surface area contributed by atoms with Gasteiger partial charge in [0, 0.05) is 30.9 Å². The van der Waals surface area contributed by atoms with Crippen molar-refractivity contribution >= 4 is 29.5 Å². The lowest BCUT2D eigenvalue weighted by atomic mass is 9.74. The second-order valence-electron chi connectivity index (χ2n) is 10.8. The van der Waals surface area contributed by atoms with E-state index >= 15 is 0 Å². The number of carbonyl (C=O) groups is 3. The lowest BCUT2D eigenvalue weighted by Gasteiger charge is -2.39. The maximum absolute atomic E-state index is 14.4. The summed E-state index contributed by atoms with van der Waals surface area (Å²) in [6.07, 6.45) is 9.55. The molecule has 5 rings (SSSR count). The highest BCUT2D eigenvalue weighted by molar-refractivity contribution is 8.02. The molecule has 1 unspecified atom stereocenters. The van der Waals surface area contributed by atoms with Crippen LogP contribution in [-0.4, -0.2) is 85.3 Å². The Morgan fingerprint density at radius 3 is 2.35 bits per heavy atom. The van der Waals surface area contributed by atoms with Gasteiger partial charge in [-0.15, -0.1) is 11.8 Å². The van der Waals surface area contributed by atoms with Crippen molar-refractivity contribution in [3.8, 4) is 0 Å². The largest absolute Gasteiger partial charge is 0.394 e. The van der Waals surface area contributed by atoms with Gasteiger partial charge in [-0.2, -0.15) is 0 Å². The molecule has 1 aromatic carbocycles. The van der Waals surface area contributed by atoms with Crippen LogP contribution in [0.3, 0.4) is 0 Å². The molecule has 3 amide bonds. The zero-order valence-corrected chi connectivity index (χ0v) is 22.7. The van der Waals surface area contributed by atoms with Gasteiger partial charge in [-0.1, -0.05) is 68.5 Å². The first-order chi connectivity index (χ1) is 17.8. The number of hydrogen-bond donors (Lipinski definition) is 1. The van der Waals surface area contributed by atoms with Crippen molar-refractivity contribution in [2.75, 3.05) is 26.2 Å². The Balaban J connectivity index is 1.62. The van der Waals surface area contributed by atoms with Crippen LogP contribution >= 0.6 is 11.8 Å². The van der Waals surface area contributed by atoms with Crippen molar-refractivity contribution in [2.45, 2.75) is 61.7 Å². The summed E-state index contributed by atoms with van der Waals surface area (Å²) in [5.74, 6) is -1.56. The Hall–Kier alpha value is -2.58. The fourth-order valence-corrected chi connectivity index (χ4v) is 8.93. The fraction of sp³-hybridized carbons (Fsp3) is 0.552. The number of thioether (sulfide) groups is 1. The highest BCUT2D eigenvalue weighted by atomic mass is 32.2. The summed E-state index contributed by atoms with van der Waals surface area (Å²) in [6, 6.07) is 8.59. The molecule has 1 spiro atoms. The molecule has 4 heterocycles. The zero-order valence-electron chi connectivity index (χ0n) is 21.9. The molecule has 2 saturated heterocycles. The molecule has 37 heavy (non-hydrogen) atoms. The fourth-order valence-electron chi connectivity index (χ4n) is 6.78. The summed E-state index contributed by atoms with van der Waals surface area (Å²) in [5.41, 5.74) is 1.02. The Bertz CT molecular complexity index is 1120. The van der Waals surface area contributed by atoms with Gasteiger partial charge >= 0.3 is 0 Å². The van der Waals surface area contributed by atoms with Crippen LogP contribution in [-0.2, 0) is 20.9 Å². The van der Waals surface area contributed by atoms with Crippen LogP contribution < -0.4 is 0 Å². The molecule has 0 bridgehead atoms. The van der Waals surface area contributed by atoms with E-state index in [1.807, 2.05) is 74.2 Å². The molecule has 2 fully saturated rings. The Morgan fingerprint density at radius 2 is 1.68 bits per heavy atom. The van der Waals surface area contributed by atoms with Gasteiger partial charge in [0.05, 0.1) is 29.2 Å². The van der Waals surface area contributed by atoms with E-state index in [0.717, 1.165) is 12.0 Å². The van der Waals surface area contributed by atoms with Gasteiger partial charge in [0.1, 0.15) is 6.04 Å². The third kappa shape index (κ3) is 4.04. The van der Waals surface area contributed by atoms with Gasteiger partial charge in [-0.3, -0.25) is 14.4 Å². The minimum Gasteiger partial charge on any atom is -0.394 e. The topological polar surface area (TPSA) is 81.2 Å². The van der Waals surface area contributed by atoms with Crippen LogP contribution in [0.4, 0.5) is 0 Å². The van der Waals surface area contributed by atoms with E-state index in [1.165, 1.54) is 0 Å². The molecule has 0 radical (unpaired) electrons. The van der Waals surface area contributed by atoms with Crippen molar-refractivity contribution in [2.24, 2.45) is 11.8 Å². The standard InChI is InChI=1S/C29H37N3O4S/c1-4-15-30-16-9-13-28(3)22(25(30)34)23-26(35)32(21(5-2)19-33)24-27(36)31(17-10-14-29(23,24)37-28)18-20-11-7-6-8-12-20/h6-14,21-24,33H,4-5,15-19H2,1-3H3/t21-,22+,23-,24?,28-,29-/m0/s1. The number of amides is 3. The normalized spacial score (nSPS) is 33.8. The number of hydrogen-bond acceptors (Lipinski definition) is 5. The van der Waals surface area contributed by atoms with E-state index in [1.54, 1.807) is 21.6 Å². The van der Waals surface area contributed by atoms with E-state index in [4.69, 9.17) is 0 Å². The van der Waals surface area contributed by atoms with E-state index in [9.17, 15) is 19.5 Å². The van der Waals surface area contributed by atoms with Crippen molar-refractivity contribution in [3.63, 3.8) is 0 Å². The average Bonchev–Trinajstić information content (AvgIpc) is 3.17. The first-order valence-electron chi connectivity index (χ1n) is 13.4. The number of rotatable bonds is 7. The van der Waals surface area contributed by atoms with Crippen molar-refractivity contribution in [1.29, 1.82) is 0 Å². The van der Waals surface area contributed by atoms with Crippen molar-refractivity contribution in [3.05, 3.63) is 60.2 Å². The summed E-state index contributed by atoms with van der Waals surface area (Å²) in [6.45, 7) is 7.84. The van der Waals surface area contributed by atoms with Gasteiger partial charge in [-0.05, 0) is 25.3 Å². The molecule has 0 aromatic heterocycles. The van der Waals surface area contributed by atoms with Gasteiger partial charge in [0.15, 0.2) is 0 Å². The molecule has 8 heteroatoms.